The normalized spacial score (nSPS) is 12.3. The van der Waals surface area contributed by atoms with Crippen molar-refractivity contribution in [2.75, 3.05) is 12.9 Å². The molecule has 124 valence electrons. The van der Waals surface area contributed by atoms with E-state index in [-0.39, 0.29) is 17.6 Å². The summed E-state index contributed by atoms with van der Waals surface area (Å²) >= 11 is 2.87. The van der Waals surface area contributed by atoms with Crippen LogP contribution in [-0.2, 0) is 14.3 Å². The Morgan fingerprint density at radius 3 is 2.87 bits per heavy atom. The van der Waals surface area contributed by atoms with Gasteiger partial charge in [-0.2, -0.15) is 0 Å². The molecule has 2 heterocycles. The minimum absolute atomic E-state index is 0.188. The van der Waals surface area contributed by atoms with Crippen molar-refractivity contribution in [3.63, 3.8) is 0 Å². The maximum Gasteiger partial charge on any atom is 0.328 e. The van der Waals surface area contributed by atoms with Gasteiger partial charge >= 0.3 is 5.97 Å². The summed E-state index contributed by atoms with van der Waals surface area (Å²) in [5, 5.41) is 6.39. The topological polar surface area (TPSA) is 81.2 Å². The molecule has 1 atom stereocenters. The van der Waals surface area contributed by atoms with Crippen molar-refractivity contribution in [3.8, 4) is 0 Å². The summed E-state index contributed by atoms with van der Waals surface area (Å²) in [7, 11) is 1.32. The number of ether oxygens (including phenoxy) is 1. The number of carbonyl (C=O) groups excluding carboxylic acids is 2. The van der Waals surface area contributed by atoms with Crippen LogP contribution in [0.2, 0.25) is 0 Å². The molecule has 0 fully saturated rings. The molecular weight excluding hydrogens is 334 g/mol. The average Bonchev–Trinajstić information content (AvgIpc) is 3.00. The van der Waals surface area contributed by atoms with E-state index < -0.39 is 12.0 Å². The van der Waals surface area contributed by atoms with Crippen LogP contribution in [0.5, 0.6) is 0 Å². The van der Waals surface area contributed by atoms with Crippen LogP contribution in [-0.4, -0.2) is 40.7 Å². The Labute approximate surface area is 143 Å². The van der Waals surface area contributed by atoms with E-state index in [0.717, 1.165) is 15.2 Å². The molecule has 0 aliphatic carbocycles. The molecule has 1 amide bonds. The maximum atomic E-state index is 12.1. The van der Waals surface area contributed by atoms with E-state index in [0.29, 0.717) is 6.42 Å². The number of hydrogen-bond donors (Lipinski definition) is 1. The van der Waals surface area contributed by atoms with E-state index in [2.05, 4.69) is 15.3 Å². The molecular formula is C15H19N3O3S2. The van der Waals surface area contributed by atoms with Gasteiger partial charge in [0.15, 0.2) is 0 Å². The largest absolute Gasteiger partial charge is 0.467 e. The molecule has 0 aliphatic rings. The molecule has 0 spiro atoms. The highest BCUT2D eigenvalue weighted by Gasteiger charge is 2.22. The average molecular weight is 353 g/mol. The van der Waals surface area contributed by atoms with Gasteiger partial charge in [-0.15, -0.1) is 11.3 Å². The third-order valence-corrected chi connectivity index (χ3v) is 4.92. The van der Waals surface area contributed by atoms with E-state index >= 15 is 0 Å². The number of amides is 1. The van der Waals surface area contributed by atoms with Gasteiger partial charge in [-0.1, -0.05) is 25.6 Å². The van der Waals surface area contributed by atoms with E-state index in [1.165, 1.54) is 36.5 Å². The van der Waals surface area contributed by atoms with Crippen molar-refractivity contribution < 1.29 is 14.3 Å². The first-order chi connectivity index (χ1) is 11.0. The van der Waals surface area contributed by atoms with Crippen molar-refractivity contribution >= 4 is 45.2 Å². The zero-order chi connectivity index (χ0) is 16.8. The number of methoxy groups -OCH3 is 1. The molecule has 0 aliphatic heterocycles. The molecule has 2 aromatic rings. The standard InChI is InChI=1S/C15H19N3O3S2/c1-9(2)6-11(15(20)21-3)18-12(19)7-23-14-10-4-5-22-13(10)16-8-17-14/h4-5,8-9,11H,6-7H2,1-3H3,(H,18,19)/t11-/m1/s1. The first kappa shape index (κ1) is 17.7. The van der Waals surface area contributed by atoms with E-state index in [4.69, 9.17) is 4.74 Å². The summed E-state index contributed by atoms with van der Waals surface area (Å²) in [4.78, 5) is 33.1. The Morgan fingerprint density at radius 1 is 1.39 bits per heavy atom. The molecule has 2 aromatic heterocycles. The lowest BCUT2D eigenvalue weighted by Gasteiger charge is -2.18. The molecule has 1 N–H and O–H groups in total. The van der Waals surface area contributed by atoms with Crippen LogP contribution in [0.4, 0.5) is 0 Å². The summed E-state index contributed by atoms with van der Waals surface area (Å²) in [5.74, 6) is -0.167. The second-order valence-electron chi connectivity index (χ2n) is 5.38. The summed E-state index contributed by atoms with van der Waals surface area (Å²) in [6.45, 7) is 3.98. The minimum atomic E-state index is -0.611. The lowest BCUT2D eigenvalue weighted by molar-refractivity contribution is -0.145. The van der Waals surface area contributed by atoms with Gasteiger partial charge in [-0.25, -0.2) is 14.8 Å². The molecule has 8 heteroatoms. The van der Waals surface area contributed by atoms with Crippen LogP contribution in [0.25, 0.3) is 10.2 Å². The monoisotopic (exact) mass is 353 g/mol. The Bertz CT molecular complexity index is 687. The molecule has 0 aromatic carbocycles. The lowest BCUT2D eigenvalue weighted by atomic mass is 10.0. The van der Waals surface area contributed by atoms with Crippen molar-refractivity contribution in [3.05, 3.63) is 17.8 Å². The van der Waals surface area contributed by atoms with E-state index in [1.807, 2.05) is 25.3 Å². The second-order valence-corrected chi connectivity index (χ2v) is 7.24. The summed E-state index contributed by atoms with van der Waals surface area (Å²) in [5.41, 5.74) is 0. The van der Waals surface area contributed by atoms with Gasteiger partial charge < -0.3 is 10.1 Å². The molecule has 6 nitrogen and oxygen atoms in total. The number of carbonyl (C=O) groups is 2. The highest BCUT2D eigenvalue weighted by molar-refractivity contribution is 8.00. The second kappa shape index (κ2) is 8.26. The Balaban J connectivity index is 1.95. The summed E-state index contributed by atoms with van der Waals surface area (Å²) < 4.78 is 4.74. The molecule has 0 radical (unpaired) electrons. The van der Waals surface area contributed by atoms with E-state index in [1.54, 1.807) is 0 Å². The van der Waals surface area contributed by atoms with Crippen LogP contribution >= 0.6 is 23.1 Å². The lowest BCUT2D eigenvalue weighted by Crippen LogP contribution is -2.43. The number of thioether (sulfide) groups is 1. The molecule has 0 unspecified atom stereocenters. The fourth-order valence-corrected chi connectivity index (χ4v) is 3.67. The predicted molar refractivity (Wildman–Crippen MR) is 91.5 cm³/mol. The Hall–Kier alpha value is -1.67. The first-order valence-electron chi connectivity index (χ1n) is 7.19. The van der Waals surface area contributed by atoms with Gasteiger partial charge in [0.05, 0.1) is 12.9 Å². The van der Waals surface area contributed by atoms with Crippen LogP contribution in [0, 0.1) is 5.92 Å². The van der Waals surface area contributed by atoms with Crippen molar-refractivity contribution in [2.45, 2.75) is 31.3 Å². The number of rotatable bonds is 7. The van der Waals surface area contributed by atoms with Crippen LogP contribution < -0.4 is 5.32 Å². The summed E-state index contributed by atoms with van der Waals surface area (Å²) in [6.07, 6.45) is 2.04. The molecule has 0 bridgehead atoms. The quantitative estimate of drug-likeness (QED) is 0.468. The zero-order valence-corrected chi connectivity index (χ0v) is 14.9. The number of esters is 1. The number of nitrogens with zero attached hydrogens (tertiary/aromatic N) is 2. The molecule has 0 saturated heterocycles. The number of aromatic nitrogens is 2. The molecule has 0 saturated carbocycles. The number of thiophene rings is 1. The van der Waals surface area contributed by atoms with Gasteiger partial charge in [0.1, 0.15) is 22.2 Å². The van der Waals surface area contributed by atoms with Crippen molar-refractivity contribution in [1.82, 2.24) is 15.3 Å². The van der Waals surface area contributed by atoms with Crippen molar-refractivity contribution in [1.29, 1.82) is 0 Å². The van der Waals surface area contributed by atoms with Crippen LogP contribution in [0.15, 0.2) is 22.8 Å². The van der Waals surface area contributed by atoms with Gasteiger partial charge in [0, 0.05) is 5.39 Å². The van der Waals surface area contributed by atoms with Gasteiger partial charge in [-0.3, -0.25) is 4.79 Å². The summed E-state index contributed by atoms with van der Waals surface area (Å²) in [6, 6.07) is 1.33. The highest BCUT2D eigenvalue weighted by Crippen LogP contribution is 2.27. The van der Waals surface area contributed by atoms with E-state index in [9.17, 15) is 9.59 Å². The van der Waals surface area contributed by atoms with Gasteiger partial charge in [0.25, 0.3) is 0 Å². The zero-order valence-electron chi connectivity index (χ0n) is 13.2. The van der Waals surface area contributed by atoms with Gasteiger partial charge in [0.2, 0.25) is 5.91 Å². The molecule has 2 rings (SSSR count). The van der Waals surface area contributed by atoms with Crippen molar-refractivity contribution in [2.24, 2.45) is 5.92 Å². The van der Waals surface area contributed by atoms with Crippen LogP contribution in [0.3, 0.4) is 0 Å². The minimum Gasteiger partial charge on any atom is -0.467 e. The fourth-order valence-electron chi connectivity index (χ4n) is 2.08. The fraction of sp³-hybridized carbons (Fsp3) is 0.467. The van der Waals surface area contributed by atoms with Gasteiger partial charge in [-0.05, 0) is 23.8 Å². The SMILES string of the molecule is COC(=O)[C@@H](CC(C)C)NC(=O)CSc1ncnc2sccc12. The third kappa shape index (κ3) is 4.90. The Kier molecular flexibility index (Phi) is 6.35. The number of hydrogen-bond acceptors (Lipinski definition) is 7. The number of nitrogens with one attached hydrogen (secondary N) is 1. The third-order valence-electron chi connectivity index (χ3n) is 3.09. The number of fused-ring (bicyclic) bond motifs is 1. The predicted octanol–water partition coefficient (Wildman–Crippen LogP) is 2.49. The molecule has 23 heavy (non-hydrogen) atoms. The Morgan fingerprint density at radius 2 is 2.17 bits per heavy atom. The highest BCUT2D eigenvalue weighted by atomic mass is 32.2. The maximum absolute atomic E-state index is 12.1. The smallest absolute Gasteiger partial charge is 0.328 e. The van der Waals surface area contributed by atoms with Crippen LogP contribution in [0.1, 0.15) is 20.3 Å². The first-order valence-corrected chi connectivity index (χ1v) is 9.06.